The van der Waals surface area contributed by atoms with Crippen LogP contribution in [0.2, 0.25) is 0 Å². The molecule has 0 unspecified atom stereocenters. The quantitative estimate of drug-likeness (QED) is 0.767. The van der Waals surface area contributed by atoms with Crippen molar-refractivity contribution in [2.75, 3.05) is 18.5 Å². The molecule has 122 valence electrons. The maximum absolute atomic E-state index is 12.0. The second kappa shape index (κ2) is 8.19. The third-order valence-electron chi connectivity index (χ3n) is 3.39. The molecule has 23 heavy (non-hydrogen) atoms. The summed E-state index contributed by atoms with van der Waals surface area (Å²) in [5, 5.41) is 14.5. The van der Waals surface area contributed by atoms with Gasteiger partial charge in [0.25, 0.3) is 0 Å². The van der Waals surface area contributed by atoms with Gasteiger partial charge in [-0.15, -0.1) is 0 Å². The Kier molecular flexibility index (Phi) is 6.00. The Morgan fingerprint density at radius 1 is 1.17 bits per heavy atom. The highest BCUT2D eigenvalue weighted by atomic mass is 16.5. The predicted molar refractivity (Wildman–Crippen MR) is 90.8 cm³/mol. The minimum absolute atomic E-state index is 0.0467. The first-order chi connectivity index (χ1) is 11.1. The summed E-state index contributed by atoms with van der Waals surface area (Å²) in [6, 6.07) is 13.0. The standard InChI is InChI=1S/C18H22N2O3/c1-13-7-8-16(14(2)11-13)20-18(22)19-12-15-5-3-4-6-17(15)23-10-9-21/h3-8,11,21H,9-10,12H2,1-2H3,(H2,19,20,22). The summed E-state index contributed by atoms with van der Waals surface area (Å²) in [5.41, 5.74) is 3.82. The number of urea groups is 1. The minimum Gasteiger partial charge on any atom is -0.491 e. The van der Waals surface area contributed by atoms with E-state index in [0.717, 1.165) is 22.4 Å². The number of hydrogen-bond acceptors (Lipinski definition) is 3. The van der Waals surface area contributed by atoms with Crippen molar-refractivity contribution in [1.82, 2.24) is 5.32 Å². The Bertz CT molecular complexity index is 671. The molecule has 0 saturated heterocycles. The van der Waals surface area contributed by atoms with Crippen LogP contribution in [0.4, 0.5) is 10.5 Å². The second-order valence-corrected chi connectivity index (χ2v) is 5.31. The SMILES string of the molecule is Cc1ccc(NC(=O)NCc2ccccc2OCCO)c(C)c1. The van der Waals surface area contributed by atoms with E-state index in [0.29, 0.717) is 12.3 Å². The van der Waals surface area contributed by atoms with Crippen LogP contribution in [0, 0.1) is 13.8 Å². The summed E-state index contributed by atoms with van der Waals surface area (Å²) in [7, 11) is 0. The monoisotopic (exact) mass is 314 g/mol. The van der Waals surface area contributed by atoms with E-state index >= 15 is 0 Å². The molecule has 0 atom stereocenters. The number of ether oxygens (including phenoxy) is 1. The van der Waals surface area contributed by atoms with Crippen molar-refractivity contribution in [2.45, 2.75) is 20.4 Å². The van der Waals surface area contributed by atoms with Crippen molar-refractivity contribution in [2.24, 2.45) is 0 Å². The molecule has 0 aliphatic rings. The van der Waals surface area contributed by atoms with E-state index in [1.165, 1.54) is 0 Å². The lowest BCUT2D eigenvalue weighted by molar-refractivity contribution is 0.200. The van der Waals surface area contributed by atoms with E-state index in [4.69, 9.17) is 9.84 Å². The van der Waals surface area contributed by atoms with Crippen LogP contribution in [0.15, 0.2) is 42.5 Å². The number of carbonyl (C=O) groups excluding carboxylic acids is 1. The smallest absolute Gasteiger partial charge is 0.319 e. The lowest BCUT2D eigenvalue weighted by atomic mass is 10.1. The third-order valence-corrected chi connectivity index (χ3v) is 3.39. The van der Waals surface area contributed by atoms with Gasteiger partial charge >= 0.3 is 6.03 Å². The van der Waals surface area contributed by atoms with Crippen molar-refractivity contribution in [1.29, 1.82) is 0 Å². The number of aliphatic hydroxyl groups is 1. The number of benzene rings is 2. The van der Waals surface area contributed by atoms with Gasteiger partial charge in [-0.05, 0) is 31.5 Å². The molecule has 0 saturated carbocycles. The lowest BCUT2D eigenvalue weighted by Crippen LogP contribution is -2.28. The molecule has 3 N–H and O–H groups in total. The van der Waals surface area contributed by atoms with Crippen LogP contribution >= 0.6 is 0 Å². The van der Waals surface area contributed by atoms with Gasteiger partial charge in [-0.25, -0.2) is 4.79 Å². The van der Waals surface area contributed by atoms with Crippen molar-refractivity contribution in [3.63, 3.8) is 0 Å². The van der Waals surface area contributed by atoms with Crippen molar-refractivity contribution in [3.8, 4) is 5.75 Å². The van der Waals surface area contributed by atoms with Crippen LogP contribution in [0.1, 0.15) is 16.7 Å². The number of para-hydroxylation sites is 1. The zero-order valence-electron chi connectivity index (χ0n) is 13.4. The molecule has 0 radical (unpaired) electrons. The molecule has 0 spiro atoms. The summed E-state index contributed by atoms with van der Waals surface area (Å²) >= 11 is 0. The number of anilines is 1. The molecule has 0 aliphatic heterocycles. The van der Waals surface area contributed by atoms with Gasteiger partial charge in [0.15, 0.2) is 0 Å². The first-order valence-corrected chi connectivity index (χ1v) is 7.54. The number of amides is 2. The van der Waals surface area contributed by atoms with Crippen molar-refractivity contribution in [3.05, 3.63) is 59.2 Å². The highest BCUT2D eigenvalue weighted by Crippen LogP contribution is 2.18. The number of hydrogen-bond donors (Lipinski definition) is 3. The molecule has 2 amide bonds. The van der Waals surface area contributed by atoms with E-state index in [-0.39, 0.29) is 19.2 Å². The molecule has 2 aromatic carbocycles. The van der Waals surface area contributed by atoms with E-state index in [2.05, 4.69) is 10.6 Å². The molecule has 5 heteroatoms. The molecule has 0 heterocycles. The summed E-state index contributed by atoms with van der Waals surface area (Å²) in [4.78, 5) is 12.0. The molecular weight excluding hydrogens is 292 g/mol. The first kappa shape index (κ1) is 16.8. The molecule has 0 bridgehead atoms. The maximum Gasteiger partial charge on any atom is 0.319 e. The van der Waals surface area contributed by atoms with Gasteiger partial charge in [0, 0.05) is 17.8 Å². The van der Waals surface area contributed by atoms with Crippen LogP contribution < -0.4 is 15.4 Å². The average molecular weight is 314 g/mol. The molecule has 0 aliphatic carbocycles. The van der Waals surface area contributed by atoms with Gasteiger partial charge in [-0.3, -0.25) is 0 Å². The fourth-order valence-corrected chi connectivity index (χ4v) is 2.24. The first-order valence-electron chi connectivity index (χ1n) is 7.54. The predicted octanol–water partition coefficient (Wildman–Crippen LogP) is 3.00. The van der Waals surface area contributed by atoms with Gasteiger partial charge in [-0.2, -0.15) is 0 Å². The van der Waals surface area contributed by atoms with E-state index in [1.54, 1.807) is 0 Å². The molecule has 0 fully saturated rings. The van der Waals surface area contributed by atoms with Gasteiger partial charge < -0.3 is 20.5 Å². The van der Waals surface area contributed by atoms with E-state index in [1.807, 2.05) is 56.3 Å². The molecule has 5 nitrogen and oxygen atoms in total. The zero-order valence-corrected chi connectivity index (χ0v) is 13.4. The Morgan fingerprint density at radius 3 is 2.70 bits per heavy atom. The van der Waals surface area contributed by atoms with Gasteiger partial charge in [0.2, 0.25) is 0 Å². The van der Waals surface area contributed by atoms with Gasteiger partial charge in [-0.1, -0.05) is 35.9 Å². The number of nitrogens with one attached hydrogen (secondary N) is 2. The lowest BCUT2D eigenvalue weighted by Gasteiger charge is -2.13. The number of aryl methyl sites for hydroxylation is 2. The minimum atomic E-state index is -0.270. The summed E-state index contributed by atoms with van der Waals surface area (Å²) in [6.07, 6.45) is 0. The molecule has 2 aromatic rings. The largest absolute Gasteiger partial charge is 0.491 e. The van der Waals surface area contributed by atoms with E-state index in [9.17, 15) is 4.79 Å². The Hall–Kier alpha value is -2.53. The van der Waals surface area contributed by atoms with Crippen LogP contribution in [-0.4, -0.2) is 24.4 Å². The normalized spacial score (nSPS) is 10.2. The molecule has 2 rings (SSSR count). The van der Waals surface area contributed by atoms with Crippen LogP contribution in [0.3, 0.4) is 0 Å². The zero-order chi connectivity index (χ0) is 16.7. The number of aliphatic hydroxyl groups excluding tert-OH is 1. The van der Waals surface area contributed by atoms with Crippen LogP contribution in [-0.2, 0) is 6.54 Å². The Labute approximate surface area is 136 Å². The molecular formula is C18H22N2O3. The number of carbonyl (C=O) groups is 1. The summed E-state index contributed by atoms with van der Waals surface area (Å²) in [6.45, 7) is 4.50. The van der Waals surface area contributed by atoms with Crippen LogP contribution in [0.25, 0.3) is 0 Å². The van der Waals surface area contributed by atoms with Crippen molar-refractivity contribution < 1.29 is 14.6 Å². The topological polar surface area (TPSA) is 70.6 Å². The Balaban J connectivity index is 1.94. The highest BCUT2D eigenvalue weighted by Gasteiger charge is 2.07. The van der Waals surface area contributed by atoms with Gasteiger partial charge in [0.05, 0.1) is 6.61 Å². The number of rotatable bonds is 6. The summed E-state index contributed by atoms with van der Waals surface area (Å²) in [5.74, 6) is 0.661. The van der Waals surface area contributed by atoms with E-state index < -0.39 is 0 Å². The molecule has 0 aromatic heterocycles. The highest BCUT2D eigenvalue weighted by molar-refractivity contribution is 5.90. The fourth-order valence-electron chi connectivity index (χ4n) is 2.24. The fraction of sp³-hybridized carbons (Fsp3) is 0.278. The summed E-state index contributed by atoms with van der Waals surface area (Å²) < 4.78 is 5.45. The second-order valence-electron chi connectivity index (χ2n) is 5.31. The van der Waals surface area contributed by atoms with Crippen molar-refractivity contribution >= 4 is 11.7 Å². The van der Waals surface area contributed by atoms with Gasteiger partial charge in [0.1, 0.15) is 12.4 Å². The van der Waals surface area contributed by atoms with Crippen LogP contribution in [0.5, 0.6) is 5.75 Å². The Morgan fingerprint density at radius 2 is 1.96 bits per heavy atom. The third kappa shape index (κ3) is 5.00. The average Bonchev–Trinajstić information content (AvgIpc) is 2.54. The maximum atomic E-state index is 12.0.